The molecule has 0 aromatic heterocycles. The molecule has 2 aromatic carbocycles. The van der Waals surface area contributed by atoms with Gasteiger partial charge >= 0.3 is 0 Å². The summed E-state index contributed by atoms with van der Waals surface area (Å²) in [5.74, 6) is 1.74. The molecule has 0 bridgehead atoms. The van der Waals surface area contributed by atoms with Crippen molar-refractivity contribution in [2.24, 2.45) is 0 Å². The Bertz CT molecular complexity index is 538. The first-order chi connectivity index (χ1) is 9.97. The van der Waals surface area contributed by atoms with E-state index in [4.69, 9.17) is 0 Å². The Labute approximate surface area is 130 Å². The smallest absolute Gasteiger partial charge is 0.0150 e. The Morgan fingerprint density at radius 3 is 1.62 bits per heavy atom. The van der Waals surface area contributed by atoms with Gasteiger partial charge in [-0.25, -0.2) is 0 Å². The van der Waals surface area contributed by atoms with Gasteiger partial charge in [-0.1, -0.05) is 83.1 Å². The quantitative estimate of drug-likeness (QED) is 0.604. The van der Waals surface area contributed by atoms with Crippen molar-refractivity contribution in [2.45, 2.75) is 58.8 Å². The van der Waals surface area contributed by atoms with Crippen molar-refractivity contribution in [3.63, 3.8) is 0 Å². The van der Waals surface area contributed by atoms with Gasteiger partial charge in [0.15, 0.2) is 0 Å². The van der Waals surface area contributed by atoms with Crippen molar-refractivity contribution in [3.05, 3.63) is 70.8 Å². The van der Waals surface area contributed by atoms with E-state index in [-0.39, 0.29) is 0 Å². The van der Waals surface area contributed by atoms with Crippen LogP contribution < -0.4 is 0 Å². The molecule has 0 radical (unpaired) electrons. The van der Waals surface area contributed by atoms with Crippen LogP contribution in [0.4, 0.5) is 0 Å². The Balaban J connectivity index is 2.29. The van der Waals surface area contributed by atoms with Crippen LogP contribution in [0, 0.1) is 0 Å². The Morgan fingerprint density at radius 2 is 1.14 bits per heavy atom. The first-order valence-electron chi connectivity index (χ1n) is 8.16. The lowest BCUT2D eigenvalue weighted by molar-refractivity contribution is 0.744. The summed E-state index contributed by atoms with van der Waals surface area (Å²) in [5, 5.41) is 0. The number of rotatable bonds is 5. The molecule has 0 fully saturated rings. The fourth-order valence-corrected chi connectivity index (χ4v) is 2.74. The van der Waals surface area contributed by atoms with Crippen LogP contribution in [0.5, 0.6) is 0 Å². The molecule has 0 heteroatoms. The van der Waals surface area contributed by atoms with E-state index in [2.05, 4.69) is 83.1 Å². The summed E-state index contributed by atoms with van der Waals surface area (Å²) >= 11 is 0. The topological polar surface area (TPSA) is 0 Å². The van der Waals surface area contributed by atoms with E-state index in [1.807, 2.05) is 0 Å². The Kier molecular flexibility index (Phi) is 5.22. The standard InChI is InChI=1S/C21H28/c1-15(2)19-12-20(16(3)4)14-21(13-19)17(5)11-18-9-7-6-8-10-18/h6-10,12-17H,11H2,1-5H3/t17-/m0/s1. The molecule has 0 saturated heterocycles. The minimum Gasteiger partial charge on any atom is -0.0622 e. The molecule has 2 rings (SSSR count). The van der Waals surface area contributed by atoms with E-state index in [0.29, 0.717) is 17.8 Å². The zero-order chi connectivity index (χ0) is 15.4. The van der Waals surface area contributed by atoms with E-state index in [1.165, 1.54) is 22.3 Å². The molecule has 21 heavy (non-hydrogen) atoms. The Hall–Kier alpha value is -1.56. The molecule has 112 valence electrons. The molecule has 0 amide bonds. The molecule has 0 aliphatic heterocycles. The third-order valence-corrected chi connectivity index (χ3v) is 4.29. The van der Waals surface area contributed by atoms with Crippen LogP contribution in [0.2, 0.25) is 0 Å². The number of hydrogen-bond acceptors (Lipinski definition) is 0. The summed E-state index contributed by atoms with van der Waals surface area (Å²) in [4.78, 5) is 0. The van der Waals surface area contributed by atoms with Gasteiger partial charge in [0, 0.05) is 0 Å². The summed E-state index contributed by atoms with van der Waals surface area (Å²) < 4.78 is 0. The van der Waals surface area contributed by atoms with Crippen molar-refractivity contribution >= 4 is 0 Å². The van der Waals surface area contributed by atoms with E-state index >= 15 is 0 Å². The minimum absolute atomic E-state index is 0.559. The predicted molar refractivity (Wildman–Crippen MR) is 93.2 cm³/mol. The predicted octanol–water partition coefficient (Wildman–Crippen LogP) is 6.28. The second-order valence-corrected chi connectivity index (χ2v) is 6.83. The molecule has 0 spiro atoms. The maximum Gasteiger partial charge on any atom is -0.0150 e. The highest BCUT2D eigenvalue weighted by Crippen LogP contribution is 2.28. The lowest BCUT2D eigenvalue weighted by atomic mass is 9.87. The van der Waals surface area contributed by atoms with Gasteiger partial charge in [-0.05, 0) is 46.4 Å². The molecule has 0 N–H and O–H groups in total. The first kappa shape index (κ1) is 15.8. The SMILES string of the molecule is CC(C)c1cc(C(C)C)cc([C@@H](C)Cc2ccccc2)c1. The molecule has 0 aliphatic rings. The highest BCUT2D eigenvalue weighted by atomic mass is 14.2. The van der Waals surface area contributed by atoms with Crippen molar-refractivity contribution in [3.8, 4) is 0 Å². The van der Waals surface area contributed by atoms with Crippen LogP contribution in [-0.4, -0.2) is 0 Å². The molecule has 2 aromatic rings. The van der Waals surface area contributed by atoms with Crippen LogP contribution in [-0.2, 0) is 6.42 Å². The van der Waals surface area contributed by atoms with Crippen molar-refractivity contribution in [1.82, 2.24) is 0 Å². The average Bonchev–Trinajstić information content (AvgIpc) is 2.47. The van der Waals surface area contributed by atoms with E-state index in [9.17, 15) is 0 Å². The fraction of sp³-hybridized carbons (Fsp3) is 0.429. The zero-order valence-corrected chi connectivity index (χ0v) is 14.1. The lowest BCUT2D eigenvalue weighted by Gasteiger charge is -2.18. The second kappa shape index (κ2) is 6.93. The van der Waals surface area contributed by atoms with Crippen LogP contribution in [0.25, 0.3) is 0 Å². The molecule has 0 saturated carbocycles. The summed E-state index contributed by atoms with van der Waals surface area (Å²) in [5.41, 5.74) is 5.84. The van der Waals surface area contributed by atoms with Crippen LogP contribution in [0.3, 0.4) is 0 Å². The summed E-state index contributed by atoms with van der Waals surface area (Å²) in [7, 11) is 0. The summed E-state index contributed by atoms with van der Waals surface area (Å²) in [6.07, 6.45) is 1.11. The molecule has 1 atom stereocenters. The molecule has 0 aliphatic carbocycles. The van der Waals surface area contributed by atoms with Crippen LogP contribution in [0.15, 0.2) is 48.5 Å². The van der Waals surface area contributed by atoms with Gasteiger partial charge in [-0.2, -0.15) is 0 Å². The van der Waals surface area contributed by atoms with Gasteiger partial charge in [-0.3, -0.25) is 0 Å². The minimum atomic E-state index is 0.559. The largest absolute Gasteiger partial charge is 0.0622 e. The summed E-state index contributed by atoms with van der Waals surface area (Å²) in [6.45, 7) is 11.5. The van der Waals surface area contributed by atoms with Gasteiger partial charge in [0.1, 0.15) is 0 Å². The van der Waals surface area contributed by atoms with Gasteiger partial charge in [0.05, 0.1) is 0 Å². The molecular formula is C21H28. The van der Waals surface area contributed by atoms with Crippen LogP contribution >= 0.6 is 0 Å². The molecule has 0 unspecified atom stereocenters. The fourth-order valence-electron chi connectivity index (χ4n) is 2.74. The van der Waals surface area contributed by atoms with Gasteiger partial charge in [0.2, 0.25) is 0 Å². The number of hydrogen-bond donors (Lipinski definition) is 0. The molecular weight excluding hydrogens is 252 g/mol. The third kappa shape index (κ3) is 4.20. The second-order valence-electron chi connectivity index (χ2n) is 6.83. The highest BCUT2D eigenvalue weighted by Gasteiger charge is 2.12. The molecule has 0 heterocycles. The van der Waals surface area contributed by atoms with E-state index in [0.717, 1.165) is 6.42 Å². The third-order valence-electron chi connectivity index (χ3n) is 4.29. The van der Waals surface area contributed by atoms with Gasteiger partial charge in [0.25, 0.3) is 0 Å². The molecule has 0 nitrogen and oxygen atoms in total. The first-order valence-corrected chi connectivity index (χ1v) is 8.16. The van der Waals surface area contributed by atoms with Crippen LogP contribution in [0.1, 0.15) is 74.6 Å². The van der Waals surface area contributed by atoms with E-state index in [1.54, 1.807) is 0 Å². The summed E-state index contributed by atoms with van der Waals surface area (Å²) in [6, 6.07) is 18.0. The number of benzene rings is 2. The van der Waals surface area contributed by atoms with Crippen molar-refractivity contribution in [2.75, 3.05) is 0 Å². The average molecular weight is 280 g/mol. The maximum absolute atomic E-state index is 2.41. The van der Waals surface area contributed by atoms with Crippen molar-refractivity contribution in [1.29, 1.82) is 0 Å². The highest BCUT2D eigenvalue weighted by molar-refractivity contribution is 5.36. The van der Waals surface area contributed by atoms with Crippen molar-refractivity contribution < 1.29 is 0 Å². The Morgan fingerprint density at radius 1 is 0.667 bits per heavy atom. The van der Waals surface area contributed by atoms with Gasteiger partial charge < -0.3 is 0 Å². The van der Waals surface area contributed by atoms with E-state index < -0.39 is 0 Å². The monoisotopic (exact) mass is 280 g/mol. The maximum atomic E-state index is 2.41. The zero-order valence-electron chi connectivity index (χ0n) is 14.1. The van der Waals surface area contributed by atoms with Gasteiger partial charge in [-0.15, -0.1) is 0 Å². The normalized spacial score (nSPS) is 12.9. The lowest BCUT2D eigenvalue weighted by Crippen LogP contribution is -2.03.